The van der Waals surface area contributed by atoms with E-state index in [1.165, 1.54) is 7.11 Å². The Morgan fingerprint density at radius 3 is 2.89 bits per heavy atom. The summed E-state index contributed by atoms with van der Waals surface area (Å²) in [4.78, 5) is 14.0. The highest BCUT2D eigenvalue weighted by Crippen LogP contribution is 1.73. The zero-order valence-electron chi connectivity index (χ0n) is 4.90. The van der Waals surface area contributed by atoms with Gasteiger partial charge in [-0.1, -0.05) is 0 Å². The summed E-state index contributed by atoms with van der Waals surface area (Å²) in [5.41, 5.74) is 4.63. The number of carbonyl (C=O) groups excluding carboxylic acids is 1. The van der Waals surface area contributed by atoms with Crippen LogP contribution < -0.4 is 5.73 Å². The van der Waals surface area contributed by atoms with Gasteiger partial charge in [-0.25, -0.2) is 0 Å². The number of primary amides is 1. The number of hydrogen-bond donors (Lipinski definition) is 1. The summed E-state index contributed by atoms with van der Waals surface area (Å²) in [5, 5.41) is 13.0. The molecule has 2 N–H and O–H groups in total. The molecule has 0 saturated heterocycles. The molecule has 0 aromatic rings. The minimum absolute atomic E-state index is 0.0579. The first kappa shape index (κ1) is 7.67. The maximum Gasteiger partial charge on any atom is 0.287 e. The van der Waals surface area contributed by atoms with Crippen molar-refractivity contribution in [1.82, 2.24) is 0 Å². The van der Waals surface area contributed by atoms with Crippen LogP contribution in [0, 0.1) is 5.21 Å². The molecule has 0 aliphatic rings. The van der Waals surface area contributed by atoms with E-state index in [4.69, 9.17) is 0 Å². The summed E-state index contributed by atoms with van der Waals surface area (Å²) >= 11 is 0. The van der Waals surface area contributed by atoms with Crippen LogP contribution in [0.3, 0.4) is 0 Å². The van der Waals surface area contributed by atoms with E-state index in [0.29, 0.717) is 0 Å². The lowest BCUT2D eigenvalue weighted by Crippen LogP contribution is -2.22. The van der Waals surface area contributed by atoms with Crippen molar-refractivity contribution in [1.29, 1.82) is 0 Å². The van der Waals surface area contributed by atoms with Crippen LogP contribution in [0.25, 0.3) is 0 Å². The third-order valence-corrected chi connectivity index (χ3v) is 0.464. The van der Waals surface area contributed by atoms with E-state index in [1.807, 2.05) is 0 Å². The second kappa shape index (κ2) is 3.65. The van der Waals surface area contributed by atoms with Gasteiger partial charge in [-0.3, -0.25) is 4.79 Å². The molecule has 0 aromatic carbocycles. The number of hydrogen-bond acceptors (Lipinski definition) is 4. The van der Waals surface area contributed by atoms with E-state index in [0.717, 1.165) is 0 Å². The van der Waals surface area contributed by atoms with Crippen LogP contribution in [-0.4, -0.2) is 24.4 Å². The topological polar surface area (TPSA) is 90.8 Å². The van der Waals surface area contributed by atoms with Gasteiger partial charge in [-0.05, 0) is 4.86 Å². The largest absolute Gasteiger partial charge is 0.597 e. The molecular formula is C3H7N3O3. The summed E-state index contributed by atoms with van der Waals surface area (Å²) in [6, 6.07) is 0. The quantitative estimate of drug-likeness (QED) is 0.304. The highest BCUT2D eigenvalue weighted by Gasteiger charge is 2.00. The van der Waals surface area contributed by atoms with E-state index in [1.54, 1.807) is 0 Å². The number of carbonyl (C=O) groups is 1. The first-order valence-electron chi connectivity index (χ1n) is 2.14. The molecule has 0 atom stereocenters. The standard InChI is InChI=1S/C3H7N3O3/c1-9-5-6(8)2-3(4)7/h2H2,1H3,(H2,4,7). The molecule has 9 heavy (non-hydrogen) atoms. The summed E-state index contributed by atoms with van der Waals surface area (Å²) in [6.07, 6.45) is 0. The Balaban J connectivity index is 3.62. The fraction of sp³-hybridized carbons (Fsp3) is 0.667. The average Bonchev–Trinajstić information content (AvgIpc) is 1.63. The lowest BCUT2D eigenvalue weighted by atomic mass is 10.6. The molecule has 0 saturated carbocycles. The molecule has 0 bridgehead atoms. The van der Waals surface area contributed by atoms with Crippen LogP contribution in [0.2, 0.25) is 0 Å². The molecule has 6 heteroatoms. The fourth-order valence-electron chi connectivity index (χ4n) is 0.253. The molecule has 0 unspecified atom stereocenters. The number of hydroxylamine groups is 1. The van der Waals surface area contributed by atoms with E-state index in [-0.39, 0.29) is 4.86 Å². The molecule has 0 radical (unpaired) electrons. The lowest BCUT2D eigenvalue weighted by Gasteiger charge is -1.93. The van der Waals surface area contributed by atoms with Crippen molar-refractivity contribution >= 4 is 5.91 Å². The zero-order valence-corrected chi connectivity index (χ0v) is 4.90. The number of nitrogens with zero attached hydrogens (tertiary/aromatic N) is 2. The molecule has 0 fully saturated rings. The van der Waals surface area contributed by atoms with Crippen LogP contribution in [0.15, 0.2) is 5.28 Å². The molecule has 0 heterocycles. The molecule has 0 aliphatic carbocycles. The van der Waals surface area contributed by atoms with Crippen LogP contribution in [-0.2, 0) is 9.63 Å². The number of nitrogens with two attached hydrogens (primary N) is 1. The lowest BCUT2D eigenvalue weighted by molar-refractivity contribution is -0.546. The van der Waals surface area contributed by atoms with Gasteiger partial charge in [0.05, 0.1) is 0 Å². The van der Waals surface area contributed by atoms with Gasteiger partial charge in [0.1, 0.15) is 7.11 Å². The predicted molar refractivity (Wildman–Crippen MR) is 27.1 cm³/mol. The van der Waals surface area contributed by atoms with Gasteiger partial charge in [0, 0.05) is 0 Å². The highest BCUT2D eigenvalue weighted by atomic mass is 16.7. The van der Waals surface area contributed by atoms with Crippen molar-refractivity contribution in [2.45, 2.75) is 0 Å². The Morgan fingerprint density at radius 2 is 2.56 bits per heavy atom. The fourth-order valence-corrected chi connectivity index (χ4v) is 0.253. The van der Waals surface area contributed by atoms with E-state index < -0.39 is 12.5 Å². The summed E-state index contributed by atoms with van der Waals surface area (Å²) in [7, 11) is 1.20. The number of amides is 1. The van der Waals surface area contributed by atoms with Gasteiger partial charge in [-0.15, -0.1) is 0 Å². The van der Waals surface area contributed by atoms with E-state index in [2.05, 4.69) is 15.8 Å². The monoisotopic (exact) mass is 133 g/mol. The van der Waals surface area contributed by atoms with Crippen LogP contribution in [0.5, 0.6) is 0 Å². The minimum Gasteiger partial charge on any atom is -0.597 e. The van der Waals surface area contributed by atoms with Gasteiger partial charge in [0.15, 0.2) is 5.28 Å². The third-order valence-electron chi connectivity index (χ3n) is 0.464. The van der Waals surface area contributed by atoms with Crippen molar-refractivity contribution in [3.05, 3.63) is 5.21 Å². The van der Waals surface area contributed by atoms with Gasteiger partial charge in [0.25, 0.3) is 12.5 Å². The molecule has 0 aromatic heterocycles. The van der Waals surface area contributed by atoms with Gasteiger partial charge >= 0.3 is 0 Å². The molecular weight excluding hydrogens is 126 g/mol. The number of rotatable bonds is 3. The summed E-state index contributed by atoms with van der Waals surface area (Å²) < 4.78 is 0. The second-order valence-electron chi connectivity index (χ2n) is 1.24. The normalized spacial score (nSPS) is 11.0. The first-order valence-corrected chi connectivity index (χ1v) is 2.14. The molecule has 52 valence electrons. The Hall–Kier alpha value is -1.33. The van der Waals surface area contributed by atoms with Crippen molar-refractivity contribution < 1.29 is 14.5 Å². The predicted octanol–water partition coefficient (Wildman–Crippen LogP) is -1.00. The van der Waals surface area contributed by atoms with Gasteiger partial charge in [-0.2, -0.15) is 0 Å². The minimum atomic E-state index is -0.745. The van der Waals surface area contributed by atoms with Crippen molar-refractivity contribution in [2.75, 3.05) is 13.7 Å². The zero-order chi connectivity index (χ0) is 7.28. The summed E-state index contributed by atoms with van der Waals surface area (Å²) in [6.45, 7) is -0.478. The second-order valence-corrected chi connectivity index (χ2v) is 1.24. The van der Waals surface area contributed by atoms with Crippen molar-refractivity contribution in [2.24, 2.45) is 11.0 Å². The SMILES string of the molecule is CON=[N+]([O-])CC(N)=O. The Bertz CT molecular complexity index is 132. The van der Waals surface area contributed by atoms with Crippen molar-refractivity contribution in [3.63, 3.8) is 0 Å². The van der Waals surface area contributed by atoms with E-state index in [9.17, 15) is 10.0 Å². The smallest absolute Gasteiger partial charge is 0.287 e. The Morgan fingerprint density at radius 1 is 2.00 bits per heavy atom. The molecule has 6 nitrogen and oxygen atoms in total. The average molecular weight is 133 g/mol. The molecule has 0 spiro atoms. The third kappa shape index (κ3) is 4.52. The molecule has 0 rings (SSSR count). The molecule has 0 aliphatic heterocycles. The van der Waals surface area contributed by atoms with Gasteiger partial charge in [0.2, 0.25) is 0 Å². The van der Waals surface area contributed by atoms with Crippen LogP contribution >= 0.6 is 0 Å². The molecule has 1 amide bonds. The maximum absolute atomic E-state index is 10.2. The van der Waals surface area contributed by atoms with E-state index >= 15 is 0 Å². The van der Waals surface area contributed by atoms with Crippen LogP contribution in [0.1, 0.15) is 0 Å². The van der Waals surface area contributed by atoms with Gasteiger partial charge < -0.3 is 15.8 Å². The Kier molecular flexibility index (Phi) is 3.11. The summed E-state index contributed by atoms with van der Waals surface area (Å²) in [5.74, 6) is -0.745. The maximum atomic E-state index is 10.2. The Labute approximate surface area is 51.4 Å². The first-order chi connectivity index (χ1) is 4.16. The highest BCUT2D eigenvalue weighted by molar-refractivity contribution is 5.74. The van der Waals surface area contributed by atoms with Crippen LogP contribution in [0.4, 0.5) is 0 Å². The van der Waals surface area contributed by atoms with Crippen molar-refractivity contribution in [3.8, 4) is 0 Å².